The van der Waals surface area contributed by atoms with Crippen LogP contribution in [0.1, 0.15) is 11.1 Å². The molecule has 0 atom stereocenters. The lowest BCUT2D eigenvalue weighted by molar-refractivity contribution is 0.403. The Kier molecular flexibility index (Phi) is 2.72. The van der Waals surface area contributed by atoms with Crippen LogP contribution in [0.25, 0.3) is 12.2 Å². The molecule has 2 aromatic carbocycles. The number of hydrogen-bond donors (Lipinski definition) is 3. The van der Waals surface area contributed by atoms with E-state index in [4.69, 9.17) is 0 Å². The van der Waals surface area contributed by atoms with Crippen LogP contribution in [0.2, 0.25) is 0 Å². The van der Waals surface area contributed by atoms with E-state index in [9.17, 15) is 10.2 Å². The van der Waals surface area contributed by atoms with E-state index in [1.54, 1.807) is 6.07 Å². The first-order valence-electron chi connectivity index (χ1n) is 6.00. The number of aromatic hydroxyl groups is 2. The second kappa shape index (κ2) is 4.53. The molecule has 2 aromatic rings. The number of phenols is 2. The number of hydrogen-bond acceptors (Lipinski definition) is 3. The molecule has 0 radical (unpaired) electrons. The zero-order valence-corrected chi connectivity index (χ0v) is 10.2. The van der Waals surface area contributed by atoms with Gasteiger partial charge in [-0.2, -0.15) is 0 Å². The summed E-state index contributed by atoms with van der Waals surface area (Å²) < 4.78 is 0. The quantitative estimate of drug-likeness (QED) is 0.679. The van der Waals surface area contributed by atoms with E-state index in [0.29, 0.717) is 0 Å². The molecular formula is C16H13NO2. The Balaban J connectivity index is 1.92. The fourth-order valence-electron chi connectivity index (χ4n) is 2.03. The third kappa shape index (κ3) is 2.31. The number of allylic oxidation sites excluding steroid dienone is 1. The van der Waals surface area contributed by atoms with E-state index in [1.165, 1.54) is 12.1 Å². The largest absolute Gasteiger partial charge is 0.504 e. The molecule has 1 aliphatic rings. The molecule has 3 nitrogen and oxygen atoms in total. The summed E-state index contributed by atoms with van der Waals surface area (Å²) >= 11 is 0. The maximum absolute atomic E-state index is 9.47. The Hall–Kier alpha value is -2.68. The molecule has 0 saturated heterocycles. The van der Waals surface area contributed by atoms with Gasteiger partial charge in [-0.3, -0.25) is 0 Å². The number of fused-ring (bicyclic) bond motifs is 1. The molecule has 1 heterocycles. The summed E-state index contributed by atoms with van der Waals surface area (Å²) in [6.45, 7) is 0. The van der Waals surface area contributed by atoms with E-state index in [-0.39, 0.29) is 11.5 Å². The maximum atomic E-state index is 9.47. The lowest BCUT2D eigenvalue weighted by atomic mass is 10.1. The minimum Gasteiger partial charge on any atom is -0.504 e. The number of phenolic OH excluding ortho intramolecular Hbond substituents is 2. The highest BCUT2D eigenvalue weighted by Crippen LogP contribution is 2.28. The van der Waals surface area contributed by atoms with Crippen molar-refractivity contribution in [1.29, 1.82) is 0 Å². The first kappa shape index (κ1) is 11.4. The van der Waals surface area contributed by atoms with Gasteiger partial charge in [0.05, 0.1) is 0 Å². The van der Waals surface area contributed by atoms with Gasteiger partial charge in [-0.05, 0) is 41.5 Å². The molecule has 0 saturated carbocycles. The van der Waals surface area contributed by atoms with Gasteiger partial charge in [0.1, 0.15) is 0 Å². The summed E-state index contributed by atoms with van der Waals surface area (Å²) in [6.07, 6.45) is 5.93. The highest BCUT2D eigenvalue weighted by Gasteiger charge is 2.06. The van der Waals surface area contributed by atoms with Gasteiger partial charge >= 0.3 is 0 Å². The van der Waals surface area contributed by atoms with E-state index in [0.717, 1.165) is 22.5 Å². The Labute approximate surface area is 111 Å². The first-order chi connectivity index (χ1) is 9.22. The molecule has 3 heteroatoms. The molecule has 1 aliphatic heterocycles. The smallest absolute Gasteiger partial charge is 0.157 e. The maximum Gasteiger partial charge on any atom is 0.157 e. The molecule has 0 aromatic heterocycles. The summed E-state index contributed by atoms with van der Waals surface area (Å²) in [4.78, 5) is 0. The van der Waals surface area contributed by atoms with Crippen molar-refractivity contribution in [1.82, 2.24) is 0 Å². The molecule has 0 unspecified atom stereocenters. The van der Waals surface area contributed by atoms with Crippen LogP contribution in [0.15, 0.2) is 54.2 Å². The Morgan fingerprint density at radius 2 is 1.74 bits per heavy atom. The second-order valence-electron chi connectivity index (χ2n) is 4.39. The van der Waals surface area contributed by atoms with Gasteiger partial charge in [0.2, 0.25) is 0 Å². The molecule has 0 amide bonds. The predicted molar refractivity (Wildman–Crippen MR) is 76.8 cm³/mol. The van der Waals surface area contributed by atoms with Crippen molar-refractivity contribution in [3.05, 3.63) is 65.4 Å². The van der Waals surface area contributed by atoms with Crippen molar-refractivity contribution in [3.8, 4) is 11.5 Å². The molecule has 0 aliphatic carbocycles. The number of nitrogens with one attached hydrogen (secondary N) is 1. The van der Waals surface area contributed by atoms with Crippen molar-refractivity contribution in [2.24, 2.45) is 0 Å². The molecule has 94 valence electrons. The van der Waals surface area contributed by atoms with Crippen LogP contribution >= 0.6 is 0 Å². The zero-order valence-electron chi connectivity index (χ0n) is 10.2. The molecule has 3 rings (SSSR count). The number of anilines is 1. The van der Waals surface area contributed by atoms with Crippen LogP contribution in [-0.4, -0.2) is 10.2 Å². The van der Waals surface area contributed by atoms with Crippen molar-refractivity contribution >= 4 is 17.8 Å². The van der Waals surface area contributed by atoms with Gasteiger partial charge in [0.15, 0.2) is 11.5 Å². The average Bonchev–Trinajstić information content (AvgIpc) is 2.43. The third-order valence-corrected chi connectivity index (χ3v) is 3.00. The van der Waals surface area contributed by atoms with E-state index in [1.807, 2.05) is 42.5 Å². The van der Waals surface area contributed by atoms with Crippen molar-refractivity contribution in [2.45, 2.75) is 0 Å². The van der Waals surface area contributed by atoms with Crippen LogP contribution in [0.3, 0.4) is 0 Å². The van der Waals surface area contributed by atoms with E-state index in [2.05, 4.69) is 5.32 Å². The summed E-state index contributed by atoms with van der Waals surface area (Å²) in [5.74, 6) is -0.228. The molecule has 0 fully saturated rings. The van der Waals surface area contributed by atoms with Crippen LogP contribution in [0.4, 0.5) is 5.69 Å². The standard InChI is InChI=1S/C16H13NO2/c18-15-8-5-11(10-16(15)19)9-13-7-6-12-3-1-2-4-14(12)17-13/h1-10,17-19H/b13-9+. The van der Waals surface area contributed by atoms with Crippen molar-refractivity contribution < 1.29 is 10.2 Å². The van der Waals surface area contributed by atoms with Gasteiger partial charge in [0.25, 0.3) is 0 Å². The molecule has 0 bridgehead atoms. The SMILES string of the molecule is Oc1ccc(/C=C2\C=Cc3ccccc3N2)cc1O. The van der Waals surface area contributed by atoms with Gasteiger partial charge in [0, 0.05) is 11.4 Å². The minimum atomic E-state index is -0.116. The first-order valence-corrected chi connectivity index (χ1v) is 6.00. The summed E-state index contributed by atoms with van der Waals surface area (Å²) in [7, 11) is 0. The Bertz CT molecular complexity index is 687. The van der Waals surface area contributed by atoms with Gasteiger partial charge in [-0.25, -0.2) is 0 Å². The predicted octanol–water partition coefficient (Wildman–Crippen LogP) is 3.58. The molecule has 0 spiro atoms. The van der Waals surface area contributed by atoms with Crippen molar-refractivity contribution in [2.75, 3.05) is 5.32 Å². The summed E-state index contributed by atoms with van der Waals surface area (Å²) in [5, 5.41) is 22.1. The lowest BCUT2D eigenvalue weighted by Gasteiger charge is -2.15. The zero-order chi connectivity index (χ0) is 13.2. The fourth-order valence-corrected chi connectivity index (χ4v) is 2.03. The van der Waals surface area contributed by atoms with Crippen molar-refractivity contribution in [3.63, 3.8) is 0 Å². The van der Waals surface area contributed by atoms with Crippen LogP contribution < -0.4 is 5.32 Å². The topological polar surface area (TPSA) is 52.5 Å². The minimum absolute atomic E-state index is 0.111. The summed E-state index contributed by atoms with van der Waals surface area (Å²) in [5.41, 5.74) is 3.96. The highest BCUT2D eigenvalue weighted by molar-refractivity contribution is 5.78. The molecular weight excluding hydrogens is 238 g/mol. The van der Waals surface area contributed by atoms with E-state index < -0.39 is 0 Å². The van der Waals surface area contributed by atoms with Gasteiger partial charge in [-0.15, -0.1) is 0 Å². The van der Waals surface area contributed by atoms with Crippen LogP contribution in [0, 0.1) is 0 Å². The van der Waals surface area contributed by atoms with Gasteiger partial charge in [-0.1, -0.05) is 30.3 Å². The van der Waals surface area contributed by atoms with E-state index >= 15 is 0 Å². The summed E-state index contributed by atoms with van der Waals surface area (Å²) in [6, 6.07) is 12.8. The monoisotopic (exact) mass is 251 g/mol. The van der Waals surface area contributed by atoms with Crippen LogP contribution in [0.5, 0.6) is 11.5 Å². The fraction of sp³-hybridized carbons (Fsp3) is 0. The number of benzene rings is 2. The normalized spacial score (nSPS) is 15.1. The Morgan fingerprint density at radius 1 is 0.895 bits per heavy atom. The molecule has 19 heavy (non-hydrogen) atoms. The van der Waals surface area contributed by atoms with Gasteiger partial charge < -0.3 is 15.5 Å². The lowest BCUT2D eigenvalue weighted by Crippen LogP contribution is -2.02. The third-order valence-electron chi connectivity index (χ3n) is 3.00. The highest BCUT2D eigenvalue weighted by atomic mass is 16.3. The average molecular weight is 251 g/mol. The van der Waals surface area contributed by atoms with Crippen LogP contribution in [-0.2, 0) is 0 Å². The molecule has 3 N–H and O–H groups in total. The number of para-hydroxylation sites is 1. The number of rotatable bonds is 1. The Morgan fingerprint density at radius 3 is 2.58 bits per heavy atom. The second-order valence-corrected chi connectivity index (χ2v) is 4.39.